The maximum Gasteiger partial charge on any atom is 0.407 e. The van der Waals surface area contributed by atoms with E-state index in [2.05, 4.69) is 42.9 Å². The molecule has 1 fully saturated rings. The number of likely N-dealkylation sites (tertiary alicyclic amines) is 1. The topological polar surface area (TPSA) is 87.3 Å². The van der Waals surface area contributed by atoms with Crippen molar-refractivity contribution < 1.29 is 14.3 Å². The van der Waals surface area contributed by atoms with E-state index in [1.165, 1.54) is 7.11 Å². The standard InChI is InChI=1S/C18H21BrN4O3/c1-11-7-15(23(10-11)16(24)9-21-18(25)26-2)17-20-8-14(22-17)12-3-5-13(19)6-4-12/h3-6,8,11,15H,7,9-10H2,1-2H3,(H,20,22)(H,21,25). The molecule has 0 saturated carbocycles. The number of alkyl carbamates (subject to hydrolysis) is 1. The van der Waals surface area contributed by atoms with Crippen LogP contribution < -0.4 is 5.32 Å². The highest BCUT2D eigenvalue weighted by atomic mass is 79.9. The summed E-state index contributed by atoms with van der Waals surface area (Å²) in [6.45, 7) is 2.66. The quantitative estimate of drug-likeness (QED) is 0.795. The number of nitrogens with zero attached hydrogens (tertiary/aromatic N) is 2. The van der Waals surface area contributed by atoms with Gasteiger partial charge in [0.05, 0.1) is 25.0 Å². The van der Waals surface area contributed by atoms with Gasteiger partial charge in [-0.1, -0.05) is 35.0 Å². The summed E-state index contributed by atoms with van der Waals surface area (Å²) in [6.07, 6.45) is 2.01. The Kier molecular flexibility index (Phi) is 5.61. The minimum atomic E-state index is -0.613. The Hall–Kier alpha value is -2.35. The fraction of sp³-hybridized carbons (Fsp3) is 0.389. The molecule has 0 aliphatic carbocycles. The molecule has 1 aliphatic heterocycles. The maximum absolute atomic E-state index is 12.5. The predicted molar refractivity (Wildman–Crippen MR) is 100 cm³/mol. The highest BCUT2D eigenvalue weighted by Crippen LogP contribution is 2.34. The summed E-state index contributed by atoms with van der Waals surface area (Å²) >= 11 is 3.43. The molecular formula is C18H21BrN4O3. The van der Waals surface area contributed by atoms with Gasteiger partial charge in [-0.2, -0.15) is 0 Å². The van der Waals surface area contributed by atoms with Crippen molar-refractivity contribution in [2.24, 2.45) is 5.92 Å². The molecule has 1 saturated heterocycles. The van der Waals surface area contributed by atoms with Gasteiger partial charge >= 0.3 is 6.09 Å². The van der Waals surface area contributed by atoms with Crippen molar-refractivity contribution in [1.29, 1.82) is 0 Å². The summed E-state index contributed by atoms with van der Waals surface area (Å²) in [4.78, 5) is 33.3. The second-order valence-corrected chi connectivity index (χ2v) is 7.35. The van der Waals surface area contributed by atoms with Crippen LogP contribution in [0.15, 0.2) is 34.9 Å². The van der Waals surface area contributed by atoms with E-state index in [9.17, 15) is 9.59 Å². The van der Waals surface area contributed by atoms with E-state index in [1.807, 2.05) is 24.3 Å². The lowest BCUT2D eigenvalue weighted by atomic mass is 10.1. The second kappa shape index (κ2) is 7.90. The first-order valence-corrected chi connectivity index (χ1v) is 9.19. The van der Waals surface area contributed by atoms with Crippen LogP contribution in [0.3, 0.4) is 0 Å². The third kappa shape index (κ3) is 4.07. The largest absolute Gasteiger partial charge is 0.453 e. The molecule has 7 nitrogen and oxygen atoms in total. The summed E-state index contributed by atoms with van der Waals surface area (Å²) in [5, 5.41) is 2.44. The van der Waals surface area contributed by atoms with Gasteiger partial charge in [-0.25, -0.2) is 9.78 Å². The highest BCUT2D eigenvalue weighted by Gasteiger charge is 2.35. The SMILES string of the molecule is COC(=O)NCC(=O)N1CC(C)CC1c1ncc(-c2ccc(Br)cc2)[nH]1. The number of ether oxygens (including phenoxy) is 1. The number of carbonyl (C=O) groups excluding carboxylic acids is 2. The van der Waals surface area contributed by atoms with Crippen LogP contribution in [0.4, 0.5) is 4.79 Å². The van der Waals surface area contributed by atoms with Crippen molar-refractivity contribution in [3.63, 3.8) is 0 Å². The lowest BCUT2D eigenvalue weighted by Gasteiger charge is -2.23. The van der Waals surface area contributed by atoms with E-state index in [-0.39, 0.29) is 18.5 Å². The van der Waals surface area contributed by atoms with Gasteiger partial charge < -0.3 is 19.9 Å². The Morgan fingerprint density at radius 3 is 2.81 bits per heavy atom. The molecule has 2 atom stereocenters. The summed E-state index contributed by atoms with van der Waals surface area (Å²) in [6, 6.07) is 7.83. The number of amides is 2. The third-order valence-corrected chi connectivity index (χ3v) is 4.99. The number of rotatable bonds is 4. The van der Waals surface area contributed by atoms with Crippen molar-refractivity contribution >= 4 is 27.9 Å². The van der Waals surface area contributed by atoms with E-state index >= 15 is 0 Å². The van der Waals surface area contributed by atoms with Crippen molar-refractivity contribution in [1.82, 2.24) is 20.2 Å². The monoisotopic (exact) mass is 420 g/mol. The van der Waals surface area contributed by atoms with Crippen molar-refractivity contribution in [3.8, 4) is 11.3 Å². The molecule has 2 amide bonds. The molecule has 2 aromatic rings. The lowest BCUT2D eigenvalue weighted by molar-refractivity contribution is -0.131. The van der Waals surface area contributed by atoms with Crippen LogP contribution in [-0.2, 0) is 9.53 Å². The van der Waals surface area contributed by atoms with Gasteiger partial charge in [0.2, 0.25) is 5.91 Å². The van der Waals surface area contributed by atoms with Crippen LogP contribution in [0.2, 0.25) is 0 Å². The van der Waals surface area contributed by atoms with Crippen molar-refractivity contribution in [2.75, 3.05) is 20.2 Å². The van der Waals surface area contributed by atoms with E-state index in [1.54, 1.807) is 11.1 Å². The fourth-order valence-electron chi connectivity index (χ4n) is 3.18. The number of carbonyl (C=O) groups is 2. The summed E-state index contributed by atoms with van der Waals surface area (Å²) < 4.78 is 5.53. The number of benzene rings is 1. The Balaban J connectivity index is 1.75. The van der Waals surface area contributed by atoms with Crippen LogP contribution in [0.1, 0.15) is 25.2 Å². The van der Waals surface area contributed by atoms with E-state index < -0.39 is 6.09 Å². The number of nitrogens with one attached hydrogen (secondary N) is 2. The number of aromatic amines is 1. The highest BCUT2D eigenvalue weighted by molar-refractivity contribution is 9.10. The minimum Gasteiger partial charge on any atom is -0.453 e. The van der Waals surface area contributed by atoms with Gasteiger partial charge in [0.1, 0.15) is 12.4 Å². The van der Waals surface area contributed by atoms with Crippen LogP contribution in [0.5, 0.6) is 0 Å². The average molecular weight is 421 g/mol. The Morgan fingerprint density at radius 2 is 2.12 bits per heavy atom. The van der Waals surface area contributed by atoms with Crippen LogP contribution in [-0.4, -0.2) is 47.1 Å². The third-order valence-electron chi connectivity index (χ3n) is 4.47. The first-order chi connectivity index (χ1) is 12.5. The first kappa shape index (κ1) is 18.4. The first-order valence-electron chi connectivity index (χ1n) is 8.40. The van der Waals surface area contributed by atoms with E-state index in [0.29, 0.717) is 12.5 Å². The van der Waals surface area contributed by atoms with Crippen LogP contribution in [0, 0.1) is 5.92 Å². The maximum atomic E-state index is 12.5. The van der Waals surface area contributed by atoms with Crippen LogP contribution >= 0.6 is 15.9 Å². The fourth-order valence-corrected chi connectivity index (χ4v) is 3.45. The number of aromatic nitrogens is 2. The molecular weight excluding hydrogens is 400 g/mol. The average Bonchev–Trinajstić information content (AvgIpc) is 3.26. The molecule has 1 aromatic heterocycles. The smallest absolute Gasteiger partial charge is 0.407 e. The molecule has 8 heteroatoms. The molecule has 0 bridgehead atoms. The number of hydrogen-bond acceptors (Lipinski definition) is 4. The van der Waals surface area contributed by atoms with Crippen LogP contribution in [0.25, 0.3) is 11.3 Å². The summed E-state index contributed by atoms with van der Waals surface area (Å²) in [5.74, 6) is 0.980. The number of imidazole rings is 1. The van der Waals surface area contributed by atoms with Gasteiger partial charge in [-0.15, -0.1) is 0 Å². The second-order valence-electron chi connectivity index (χ2n) is 6.44. The molecule has 3 rings (SSSR count). The van der Waals surface area contributed by atoms with E-state index in [0.717, 1.165) is 28.0 Å². The van der Waals surface area contributed by atoms with Gasteiger partial charge in [0.25, 0.3) is 0 Å². The zero-order valence-corrected chi connectivity index (χ0v) is 16.2. The van der Waals surface area contributed by atoms with Gasteiger partial charge in [-0.05, 0) is 30.0 Å². The molecule has 2 N–H and O–H groups in total. The Morgan fingerprint density at radius 1 is 1.38 bits per heavy atom. The number of hydrogen-bond donors (Lipinski definition) is 2. The zero-order valence-electron chi connectivity index (χ0n) is 14.7. The zero-order chi connectivity index (χ0) is 18.7. The van der Waals surface area contributed by atoms with Gasteiger partial charge in [-0.3, -0.25) is 4.79 Å². The molecule has 2 unspecified atom stereocenters. The van der Waals surface area contributed by atoms with E-state index in [4.69, 9.17) is 0 Å². The Bertz CT molecular complexity index is 790. The predicted octanol–water partition coefficient (Wildman–Crippen LogP) is 3.10. The minimum absolute atomic E-state index is 0.0871. The molecule has 0 spiro atoms. The number of H-pyrrole nitrogens is 1. The lowest BCUT2D eigenvalue weighted by Crippen LogP contribution is -2.40. The number of halogens is 1. The molecule has 1 aromatic carbocycles. The van der Waals surface area contributed by atoms with Gasteiger partial charge in [0.15, 0.2) is 0 Å². The molecule has 26 heavy (non-hydrogen) atoms. The number of methoxy groups -OCH3 is 1. The molecule has 2 heterocycles. The normalized spacial score (nSPS) is 19.4. The molecule has 0 radical (unpaired) electrons. The summed E-state index contributed by atoms with van der Waals surface area (Å²) in [7, 11) is 1.27. The summed E-state index contributed by atoms with van der Waals surface area (Å²) in [5.41, 5.74) is 1.94. The molecule has 138 valence electrons. The van der Waals surface area contributed by atoms with Gasteiger partial charge in [0, 0.05) is 11.0 Å². The van der Waals surface area contributed by atoms with Crippen molar-refractivity contribution in [3.05, 3.63) is 40.8 Å². The van der Waals surface area contributed by atoms with Crippen molar-refractivity contribution in [2.45, 2.75) is 19.4 Å². The Labute approximate surface area is 160 Å². The molecule has 1 aliphatic rings.